The molecule has 0 radical (unpaired) electrons. The van der Waals surface area contributed by atoms with E-state index in [0.717, 1.165) is 0 Å². The normalized spacial score (nSPS) is 20.9. The molecule has 0 aliphatic carbocycles. The van der Waals surface area contributed by atoms with E-state index in [2.05, 4.69) is 10.5 Å². The zero-order valence-electron chi connectivity index (χ0n) is 9.10. The molecule has 0 bridgehead atoms. The molecule has 1 rings (SSSR count). The number of nitrogens with zero attached hydrogens (tertiary/aromatic N) is 1. The van der Waals surface area contributed by atoms with Crippen LogP contribution in [0.2, 0.25) is 0 Å². The summed E-state index contributed by atoms with van der Waals surface area (Å²) in [6, 6.07) is 0. The molecule has 0 aromatic carbocycles. The van der Waals surface area contributed by atoms with Crippen molar-refractivity contribution in [3.63, 3.8) is 0 Å². The number of carbonyl (C=O) groups excluding carboxylic acids is 1. The molecule has 1 aliphatic heterocycles. The Morgan fingerprint density at radius 2 is 2.44 bits per heavy atom. The molecular weight excluding hydrogens is 216 g/mol. The van der Waals surface area contributed by atoms with Gasteiger partial charge < -0.3 is 20.0 Å². The summed E-state index contributed by atoms with van der Waals surface area (Å²) in [5.41, 5.74) is -0.139. The largest absolute Gasteiger partial charge is 0.477 e. The number of carboxylic acid groups (broad SMARTS) is 1. The summed E-state index contributed by atoms with van der Waals surface area (Å²) >= 11 is 0. The van der Waals surface area contributed by atoms with Crippen molar-refractivity contribution >= 4 is 17.6 Å². The number of aliphatic carboxylic acids is 1. The Morgan fingerprint density at radius 1 is 1.75 bits per heavy atom. The van der Waals surface area contributed by atoms with Gasteiger partial charge in [0.1, 0.15) is 0 Å². The van der Waals surface area contributed by atoms with E-state index in [9.17, 15) is 9.59 Å². The Morgan fingerprint density at radius 3 is 2.94 bits per heavy atom. The first-order chi connectivity index (χ1) is 7.54. The van der Waals surface area contributed by atoms with Crippen LogP contribution in [0.25, 0.3) is 0 Å². The van der Waals surface area contributed by atoms with Crippen LogP contribution in [-0.2, 0) is 19.2 Å². The molecule has 1 amide bonds. The molecule has 0 spiro atoms. The van der Waals surface area contributed by atoms with Gasteiger partial charge in [0.05, 0.1) is 6.10 Å². The molecule has 0 aromatic heterocycles. The molecule has 7 heteroatoms. The van der Waals surface area contributed by atoms with Crippen LogP contribution in [0.3, 0.4) is 0 Å². The van der Waals surface area contributed by atoms with Crippen LogP contribution in [0.4, 0.5) is 0 Å². The number of rotatable bonds is 5. The SMILES string of the molecule is COC(C)CNC(=O)C1CC(C(=O)O)=NO1. The van der Waals surface area contributed by atoms with Gasteiger partial charge in [-0.1, -0.05) is 5.16 Å². The quantitative estimate of drug-likeness (QED) is 0.655. The highest BCUT2D eigenvalue weighted by atomic mass is 16.6. The Bertz CT molecular complexity index is 315. The van der Waals surface area contributed by atoms with Gasteiger partial charge in [-0.3, -0.25) is 4.79 Å². The fourth-order valence-corrected chi connectivity index (χ4v) is 1.09. The summed E-state index contributed by atoms with van der Waals surface area (Å²) in [6.07, 6.45) is -0.969. The third-order valence-electron chi connectivity index (χ3n) is 2.17. The third kappa shape index (κ3) is 3.20. The number of methoxy groups -OCH3 is 1. The Labute approximate surface area is 92.4 Å². The third-order valence-corrected chi connectivity index (χ3v) is 2.17. The fourth-order valence-electron chi connectivity index (χ4n) is 1.09. The van der Waals surface area contributed by atoms with E-state index in [1.54, 1.807) is 6.92 Å². The topological polar surface area (TPSA) is 97.2 Å². The number of hydrogen-bond donors (Lipinski definition) is 2. The van der Waals surface area contributed by atoms with Gasteiger partial charge in [0, 0.05) is 20.1 Å². The van der Waals surface area contributed by atoms with Gasteiger partial charge in [-0.2, -0.15) is 0 Å². The number of carbonyl (C=O) groups is 2. The molecular formula is C9H14N2O5. The van der Waals surface area contributed by atoms with Gasteiger partial charge >= 0.3 is 5.97 Å². The molecule has 1 heterocycles. The van der Waals surface area contributed by atoms with E-state index >= 15 is 0 Å². The maximum atomic E-state index is 11.5. The van der Waals surface area contributed by atoms with Crippen molar-refractivity contribution in [3.05, 3.63) is 0 Å². The number of ether oxygens (including phenoxy) is 1. The summed E-state index contributed by atoms with van der Waals surface area (Å²) in [6.45, 7) is 2.15. The van der Waals surface area contributed by atoms with Crippen molar-refractivity contribution < 1.29 is 24.3 Å². The van der Waals surface area contributed by atoms with Crippen molar-refractivity contribution in [2.24, 2.45) is 5.16 Å². The van der Waals surface area contributed by atoms with Gasteiger partial charge in [0.2, 0.25) is 6.10 Å². The maximum Gasteiger partial charge on any atom is 0.353 e. The molecule has 1 aliphatic rings. The lowest BCUT2D eigenvalue weighted by Crippen LogP contribution is -2.39. The summed E-state index contributed by atoms with van der Waals surface area (Å²) in [7, 11) is 1.54. The number of hydrogen-bond acceptors (Lipinski definition) is 5. The molecule has 16 heavy (non-hydrogen) atoms. The summed E-state index contributed by atoms with van der Waals surface area (Å²) in [4.78, 5) is 26.7. The zero-order chi connectivity index (χ0) is 12.1. The molecule has 2 atom stereocenters. The molecule has 0 saturated heterocycles. The molecule has 2 unspecified atom stereocenters. The summed E-state index contributed by atoms with van der Waals surface area (Å²) in [5, 5.41) is 14.5. The molecule has 7 nitrogen and oxygen atoms in total. The predicted octanol–water partition coefficient (Wildman–Crippen LogP) is -0.633. The molecule has 2 N–H and O–H groups in total. The van der Waals surface area contributed by atoms with Gasteiger partial charge in [0.25, 0.3) is 5.91 Å². The van der Waals surface area contributed by atoms with Crippen LogP contribution >= 0.6 is 0 Å². The standard InChI is InChI=1S/C9H14N2O5/c1-5(15-2)4-10-8(12)7-3-6(9(13)14)11-16-7/h5,7H,3-4H2,1-2H3,(H,10,12)(H,13,14). The molecule has 0 saturated carbocycles. The lowest BCUT2D eigenvalue weighted by molar-refractivity contribution is -0.131. The predicted molar refractivity (Wildman–Crippen MR) is 54.0 cm³/mol. The van der Waals surface area contributed by atoms with Gasteiger partial charge in [-0.05, 0) is 6.92 Å². The second-order valence-electron chi connectivity index (χ2n) is 3.43. The second-order valence-corrected chi connectivity index (χ2v) is 3.43. The Kier molecular flexibility index (Phi) is 4.24. The first-order valence-electron chi connectivity index (χ1n) is 4.81. The maximum absolute atomic E-state index is 11.5. The molecule has 0 fully saturated rings. The Hall–Kier alpha value is -1.63. The molecule has 90 valence electrons. The first-order valence-corrected chi connectivity index (χ1v) is 4.81. The average molecular weight is 230 g/mol. The lowest BCUT2D eigenvalue weighted by atomic mass is 10.1. The van der Waals surface area contributed by atoms with Crippen molar-refractivity contribution in [2.45, 2.75) is 25.6 Å². The van der Waals surface area contributed by atoms with E-state index < -0.39 is 12.1 Å². The highest BCUT2D eigenvalue weighted by Gasteiger charge is 2.31. The van der Waals surface area contributed by atoms with E-state index in [4.69, 9.17) is 14.7 Å². The van der Waals surface area contributed by atoms with Crippen LogP contribution in [-0.4, -0.2) is 48.6 Å². The van der Waals surface area contributed by atoms with Crippen molar-refractivity contribution in [1.29, 1.82) is 0 Å². The van der Waals surface area contributed by atoms with E-state index in [0.29, 0.717) is 6.54 Å². The zero-order valence-corrected chi connectivity index (χ0v) is 9.10. The summed E-state index contributed by atoms with van der Waals surface area (Å²) < 4.78 is 4.94. The van der Waals surface area contributed by atoms with E-state index in [1.807, 2.05) is 0 Å². The van der Waals surface area contributed by atoms with Crippen LogP contribution in [0, 0.1) is 0 Å². The van der Waals surface area contributed by atoms with Crippen LogP contribution in [0.5, 0.6) is 0 Å². The second kappa shape index (κ2) is 5.45. The van der Waals surface area contributed by atoms with Crippen molar-refractivity contribution in [3.8, 4) is 0 Å². The van der Waals surface area contributed by atoms with Gasteiger partial charge in [0.15, 0.2) is 5.71 Å². The number of nitrogens with one attached hydrogen (secondary N) is 1. The van der Waals surface area contributed by atoms with Crippen molar-refractivity contribution in [1.82, 2.24) is 5.32 Å². The minimum Gasteiger partial charge on any atom is -0.477 e. The van der Waals surface area contributed by atoms with E-state index in [-0.39, 0.29) is 24.1 Å². The monoisotopic (exact) mass is 230 g/mol. The van der Waals surface area contributed by atoms with E-state index in [1.165, 1.54) is 7.11 Å². The minimum atomic E-state index is -1.17. The summed E-state index contributed by atoms with van der Waals surface area (Å²) in [5.74, 6) is -1.55. The number of amides is 1. The fraction of sp³-hybridized carbons (Fsp3) is 0.667. The highest BCUT2D eigenvalue weighted by molar-refractivity contribution is 6.36. The van der Waals surface area contributed by atoms with Crippen LogP contribution in [0.1, 0.15) is 13.3 Å². The van der Waals surface area contributed by atoms with Crippen LogP contribution < -0.4 is 5.32 Å². The molecule has 0 aromatic rings. The van der Waals surface area contributed by atoms with Gasteiger partial charge in [-0.25, -0.2) is 4.79 Å². The Balaban J connectivity index is 2.33. The number of oxime groups is 1. The minimum absolute atomic E-state index is 0.0114. The first kappa shape index (κ1) is 12.4. The number of carboxylic acids is 1. The lowest BCUT2D eigenvalue weighted by Gasteiger charge is -2.12. The highest BCUT2D eigenvalue weighted by Crippen LogP contribution is 2.10. The van der Waals surface area contributed by atoms with Crippen molar-refractivity contribution in [2.75, 3.05) is 13.7 Å². The smallest absolute Gasteiger partial charge is 0.353 e. The van der Waals surface area contributed by atoms with Gasteiger partial charge in [-0.15, -0.1) is 0 Å². The average Bonchev–Trinajstić information content (AvgIpc) is 2.74. The van der Waals surface area contributed by atoms with Crippen LogP contribution in [0.15, 0.2) is 5.16 Å².